The maximum atomic E-state index is 14.3. The molecule has 0 radical (unpaired) electrons. The van der Waals surface area contributed by atoms with Crippen LogP contribution < -0.4 is 0 Å². The summed E-state index contributed by atoms with van der Waals surface area (Å²) in [7, 11) is 0. The monoisotopic (exact) mass is 442 g/mol. The van der Waals surface area contributed by atoms with Gasteiger partial charge in [0, 0.05) is 12.3 Å². The first-order chi connectivity index (χ1) is 14.7. The summed E-state index contributed by atoms with van der Waals surface area (Å²) in [5.41, 5.74) is 0.833. The minimum absolute atomic E-state index is 0.0480. The van der Waals surface area contributed by atoms with Crippen LogP contribution in [0.2, 0.25) is 0 Å². The molecule has 0 spiro atoms. The van der Waals surface area contributed by atoms with Gasteiger partial charge in [-0.3, -0.25) is 4.79 Å². The minimum Gasteiger partial charge on any atom is -0.393 e. The van der Waals surface area contributed by atoms with Gasteiger partial charge in [0.25, 0.3) is 0 Å². The summed E-state index contributed by atoms with van der Waals surface area (Å²) < 4.78 is 0. The Morgan fingerprint density at radius 2 is 1.47 bits per heavy atom. The lowest BCUT2D eigenvalue weighted by Crippen LogP contribution is -2.69. The van der Waals surface area contributed by atoms with E-state index in [2.05, 4.69) is 55.4 Å². The van der Waals surface area contributed by atoms with Gasteiger partial charge >= 0.3 is 0 Å². The van der Waals surface area contributed by atoms with Gasteiger partial charge in [0.1, 0.15) is 5.78 Å². The van der Waals surface area contributed by atoms with Crippen molar-refractivity contribution < 1.29 is 9.90 Å². The highest BCUT2D eigenvalue weighted by atomic mass is 16.3. The average molecular weight is 443 g/mol. The molecule has 0 amide bonds. The first kappa shape index (κ1) is 23.4. The van der Waals surface area contributed by atoms with Gasteiger partial charge in [0.15, 0.2) is 0 Å². The summed E-state index contributed by atoms with van der Waals surface area (Å²) in [4.78, 5) is 14.3. The summed E-state index contributed by atoms with van der Waals surface area (Å²) in [6, 6.07) is 0. The van der Waals surface area contributed by atoms with Crippen LogP contribution in [0, 0.1) is 62.6 Å². The SMILES string of the molecule is C[C@@H]1CC[C@]2(C)CC[C@]3(C)C(C(=O)CC4[C@@]5(C)CC[C@H](O)C(C)(C)C5CC[C@]43C)C2[C@H]1C. The predicted octanol–water partition coefficient (Wildman–Crippen LogP) is 7.28. The molecule has 0 aromatic carbocycles. The topological polar surface area (TPSA) is 37.3 Å². The van der Waals surface area contributed by atoms with Gasteiger partial charge < -0.3 is 5.11 Å². The van der Waals surface area contributed by atoms with Crippen LogP contribution in [0.15, 0.2) is 0 Å². The Kier molecular flexibility index (Phi) is 5.01. The first-order valence-corrected chi connectivity index (χ1v) is 13.9. The van der Waals surface area contributed by atoms with E-state index >= 15 is 0 Å². The molecule has 5 saturated carbocycles. The molecule has 5 aliphatic rings. The molecule has 0 aromatic rings. The van der Waals surface area contributed by atoms with Crippen LogP contribution in [0.25, 0.3) is 0 Å². The fraction of sp³-hybridized carbons (Fsp3) is 0.967. The van der Waals surface area contributed by atoms with Gasteiger partial charge in [0.05, 0.1) is 6.10 Å². The van der Waals surface area contributed by atoms with Crippen LogP contribution >= 0.6 is 0 Å². The standard InChI is InChI=1S/C30H50O2/c1-18-9-12-27(5)15-16-30(8)25(24(27)19(18)2)20(31)17-22-28(6)13-11-23(32)26(3,4)21(28)10-14-29(22,30)7/h18-19,21-25,32H,9-17H2,1-8H3/t18-,19+,21?,22?,23+,24?,25?,27-,28+,29-,30-/m1/s1. The lowest BCUT2D eigenvalue weighted by molar-refractivity contribution is -0.246. The molecule has 0 heterocycles. The Morgan fingerprint density at radius 1 is 0.781 bits per heavy atom. The van der Waals surface area contributed by atoms with Crippen molar-refractivity contribution in [2.75, 3.05) is 0 Å². The van der Waals surface area contributed by atoms with E-state index < -0.39 is 0 Å². The largest absolute Gasteiger partial charge is 0.393 e. The van der Waals surface area contributed by atoms with Crippen LogP contribution in [-0.2, 0) is 4.79 Å². The number of fused-ring (bicyclic) bond motifs is 7. The van der Waals surface area contributed by atoms with Gasteiger partial charge in [-0.1, -0.05) is 55.4 Å². The highest BCUT2D eigenvalue weighted by molar-refractivity contribution is 5.84. The number of hydrogen-bond acceptors (Lipinski definition) is 2. The third kappa shape index (κ3) is 2.66. The first-order valence-electron chi connectivity index (χ1n) is 13.9. The molecule has 2 nitrogen and oxygen atoms in total. The number of carbonyl (C=O) groups excluding carboxylic acids is 1. The van der Waals surface area contributed by atoms with E-state index in [0.29, 0.717) is 34.9 Å². The number of rotatable bonds is 0. The van der Waals surface area contributed by atoms with Crippen molar-refractivity contribution in [1.82, 2.24) is 0 Å². The summed E-state index contributed by atoms with van der Waals surface area (Å²) in [5.74, 6) is 3.80. The highest BCUT2D eigenvalue weighted by Crippen LogP contribution is 2.76. The second-order valence-corrected chi connectivity index (χ2v) is 15.1. The lowest BCUT2D eigenvalue weighted by atomic mass is 9.31. The van der Waals surface area contributed by atoms with Crippen molar-refractivity contribution >= 4 is 5.78 Å². The molecular weight excluding hydrogens is 392 g/mol. The normalized spacial score (nSPS) is 59.4. The van der Waals surface area contributed by atoms with E-state index in [0.717, 1.165) is 25.2 Å². The third-order valence-electron chi connectivity index (χ3n) is 13.8. The van der Waals surface area contributed by atoms with E-state index in [9.17, 15) is 9.90 Å². The van der Waals surface area contributed by atoms with Crippen LogP contribution in [0.4, 0.5) is 0 Å². The van der Waals surface area contributed by atoms with Crippen molar-refractivity contribution in [3.63, 3.8) is 0 Å². The zero-order valence-corrected chi connectivity index (χ0v) is 22.3. The van der Waals surface area contributed by atoms with Crippen molar-refractivity contribution in [3.8, 4) is 0 Å². The Labute approximate surface area is 197 Å². The summed E-state index contributed by atoms with van der Waals surface area (Å²) in [6.45, 7) is 19.7. The van der Waals surface area contributed by atoms with Crippen molar-refractivity contribution in [2.45, 2.75) is 119 Å². The molecule has 182 valence electrons. The van der Waals surface area contributed by atoms with Gasteiger partial charge in [-0.25, -0.2) is 0 Å². The molecule has 0 aliphatic heterocycles. The number of ketones is 1. The molecule has 0 bridgehead atoms. The smallest absolute Gasteiger partial charge is 0.137 e. The third-order valence-corrected chi connectivity index (χ3v) is 13.8. The predicted molar refractivity (Wildman–Crippen MR) is 131 cm³/mol. The molecular formula is C30H50O2. The summed E-state index contributed by atoms with van der Waals surface area (Å²) >= 11 is 0. The molecule has 0 saturated heterocycles. The van der Waals surface area contributed by atoms with Gasteiger partial charge in [-0.15, -0.1) is 0 Å². The number of carbonyl (C=O) groups is 1. The van der Waals surface area contributed by atoms with E-state index in [-0.39, 0.29) is 33.7 Å². The van der Waals surface area contributed by atoms with Crippen LogP contribution in [0.3, 0.4) is 0 Å². The van der Waals surface area contributed by atoms with Gasteiger partial charge in [-0.05, 0) is 108 Å². The van der Waals surface area contributed by atoms with Crippen molar-refractivity contribution in [3.05, 3.63) is 0 Å². The van der Waals surface area contributed by atoms with Crippen molar-refractivity contribution in [2.24, 2.45) is 62.6 Å². The number of Topliss-reactive ketones (excluding diaryl/α,β-unsaturated/α-hetero) is 1. The van der Waals surface area contributed by atoms with E-state index in [1.807, 2.05) is 0 Å². The number of aliphatic hydroxyl groups is 1. The summed E-state index contributed by atoms with van der Waals surface area (Å²) in [6.07, 6.45) is 10.2. The van der Waals surface area contributed by atoms with Crippen LogP contribution in [-0.4, -0.2) is 17.0 Å². The van der Waals surface area contributed by atoms with Gasteiger partial charge in [0.2, 0.25) is 0 Å². The molecule has 1 N–H and O–H groups in total. The van der Waals surface area contributed by atoms with E-state index in [4.69, 9.17) is 0 Å². The second kappa shape index (κ2) is 6.86. The maximum absolute atomic E-state index is 14.3. The molecule has 0 aromatic heterocycles. The van der Waals surface area contributed by atoms with Crippen molar-refractivity contribution in [1.29, 1.82) is 0 Å². The average Bonchev–Trinajstić information content (AvgIpc) is 2.71. The lowest BCUT2D eigenvalue weighted by Gasteiger charge is -2.73. The fourth-order valence-electron chi connectivity index (χ4n) is 11.3. The van der Waals surface area contributed by atoms with Gasteiger partial charge in [-0.2, -0.15) is 0 Å². The Morgan fingerprint density at radius 3 is 2.16 bits per heavy atom. The number of aliphatic hydroxyl groups excluding tert-OH is 1. The highest BCUT2D eigenvalue weighted by Gasteiger charge is 2.71. The van der Waals surface area contributed by atoms with Crippen LogP contribution in [0.1, 0.15) is 113 Å². The molecule has 5 rings (SSSR count). The molecule has 4 unspecified atom stereocenters. The summed E-state index contributed by atoms with van der Waals surface area (Å²) in [5, 5.41) is 10.9. The minimum atomic E-state index is -0.201. The van der Waals surface area contributed by atoms with E-state index in [1.165, 1.54) is 38.5 Å². The zero-order valence-electron chi connectivity index (χ0n) is 22.3. The number of hydrogen-bond donors (Lipinski definition) is 1. The molecule has 11 atom stereocenters. The quantitative estimate of drug-likeness (QED) is 0.428. The second-order valence-electron chi connectivity index (χ2n) is 15.1. The Hall–Kier alpha value is -0.370. The van der Waals surface area contributed by atoms with Crippen LogP contribution in [0.5, 0.6) is 0 Å². The fourth-order valence-corrected chi connectivity index (χ4v) is 11.3. The maximum Gasteiger partial charge on any atom is 0.137 e. The Bertz CT molecular complexity index is 801. The molecule has 5 fully saturated rings. The zero-order chi connectivity index (χ0) is 23.5. The molecule has 32 heavy (non-hydrogen) atoms. The van der Waals surface area contributed by atoms with E-state index in [1.54, 1.807) is 0 Å². The molecule has 5 aliphatic carbocycles. The molecule has 2 heteroatoms. The Balaban J connectivity index is 1.59.